The highest BCUT2D eigenvalue weighted by molar-refractivity contribution is 8.00. The smallest absolute Gasteiger partial charge is 0.329 e. The molecule has 2 amide bonds. The fraction of sp³-hybridized carbons (Fsp3) is 0.833. The molecule has 0 aromatic heterocycles. The first-order chi connectivity index (χ1) is 8.37. The van der Waals surface area contributed by atoms with Gasteiger partial charge in [-0.15, -0.1) is 0 Å². The molecule has 3 N–H and O–H groups in total. The summed E-state index contributed by atoms with van der Waals surface area (Å²) in [5.41, 5.74) is -1.19. The number of rotatable bonds is 7. The Morgan fingerprint density at radius 1 is 1.44 bits per heavy atom. The SMILES string of the molecule is CCCC(C)(NC(=O)NCC1(SC)CC1)C(=O)O. The number of hydrogen-bond donors (Lipinski definition) is 3. The van der Waals surface area contributed by atoms with Crippen molar-refractivity contribution >= 4 is 23.8 Å². The highest BCUT2D eigenvalue weighted by Crippen LogP contribution is 2.46. The minimum atomic E-state index is -1.19. The summed E-state index contributed by atoms with van der Waals surface area (Å²) >= 11 is 1.76. The predicted molar refractivity (Wildman–Crippen MR) is 73.0 cm³/mol. The fourth-order valence-corrected chi connectivity index (χ4v) is 2.58. The first kappa shape index (κ1) is 15.1. The van der Waals surface area contributed by atoms with Gasteiger partial charge in [-0.05, 0) is 32.4 Å². The molecule has 1 aliphatic carbocycles. The van der Waals surface area contributed by atoms with E-state index in [4.69, 9.17) is 5.11 Å². The Morgan fingerprint density at radius 3 is 2.44 bits per heavy atom. The number of urea groups is 1. The second-order valence-electron chi connectivity index (χ2n) is 5.08. The Bertz CT molecular complexity index is 331. The number of hydrogen-bond acceptors (Lipinski definition) is 3. The topological polar surface area (TPSA) is 78.4 Å². The molecule has 0 radical (unpaired) electrons. The molecular weight excluding hydrogens is 252 g/mol. The van der Waals surface area contributed by atoms with Crippen LogP contribution in [0.1, 0.15) is 39.5 Å². The maximum absolute atomic E-state index is 11.7. The molecular formula is C12H22N2O3S. The zero-order valence-electron chi connectivity index (χ0n) is 11.2. The van der Waals surface area contributed by atoms with E-state index >= 15 is 0 Å². The Kier molecular flexibility index (Phi) is 4.90. The van der Waals surface area contributed by atoms with Gasteiger partial charge < -0.3 is 15.7 Å². The van der Waals surface area contributed by atoms with Gasteiger partial charge in [-0.3, -0.25) is 0 Å². The van der Waals surface area contributed by atoms with Gasteiger partial charge in [0.2, 0.25) is 0 Å². The molecule has 6 heteroatoms. The van der Waals surface area contributed by atoms with E-state index in [2.05, 4.69) is 10.6 Å². The van der Waals surface area contributed by atoms with Gasteiger partial charge in [0.1, 0.15) is 5.54 Å². The Hall–Kier alpha value is -0.910. The van der Waals surface area contributed by atoms with Crippen LogP contribution in [0.3, 0.4) is 0 Å². The molecule has 0 bridgehead atoms. The molecule has 104 valence electrons. The first-order valence-corrected chi connectivity index (χ1v) is 7.44. The molecule has 0 aromatic carbocycles. The van der Waals surface area contributed by atoms with Crippen molar-refractivity contribution in [2.45, 2.75) is 49.8 Å². The Labute approximate surface area is 112 Å². The van der Waals surface area contributed by atoms with Crippen molar-refractivity contribution in [1.82, 2.24) is 10.6 Å². The van der Waals surface area contributed by atoms with Crippen LogP contribution in [0, 0.1) is 0 Å². The lowest BCUT2D eigenvalue weighted by Crippen LogP contribution is -2.55. The van der Waals surface area contributed by atoms with Crippen LogP contribution >= 0.6 is 11.8 Å². The molecule has 1 fully saturated rings. The summed E-state index contributed by atoms with van der Waals surface area (Å²) < 4.78 is 0.182. The quantitative estimate of drug-likeness (QED) is 0.662. The molecule has 0 heterocycles. The van der Waals surface area contributed by atoms with Crippen molar-refractivity contribution in [2.75, 3.05) is 12.8 Å². The van der Waals surface area contributed by atoms with Crippen LogP contribution in [0.4, 0.5) is 4.79 Å². The van der Waals surface area contributed by atoms with Crippen LogP contribution in [-0.2, 0) is 4.79 Å². The number of amides is 2. The van der Waals surface area contributed by atoms with Crippen LogP contribution in [0.5, 0.6) is 0 Å². The number of thioether (sulfide) groups is 1. The molecule has 5 nitrogen and oxygen atoms in total. The van der Waals surface area contributed by atoms with Gasteiger partial charge in [-0.25, -0.2) is 9.59 Å². The average molecular weight is 274 g/mol. The van der Waals surface area contributed by atoms with Crippen molar-refractivity contribution in [2.24, 2.45) is 0 Å². The van der Waals surface area contributed by atoms with E-state index in [1.807, 2.05) is 13.2 Å². The second kappa shape index (κ2) is 5.82. The monoisotopic (exact) mass is 274 g/mol. The maximum Gasteiger partial charge on any atom is 0.329 e. The third-order valence-electron chi connectivity index (χ3n) is 3.42. The highest BCUT2D eigenvalue weighted by Gasteiger charge is 2.42. The Balaban J connectivity index is 2.44. The van der Waals surface area contributed by atoms with E-state index < -0.39 is 17.5 Å². The van der Waals surface area contributed by atoms with Gasteiger partial charge in [-0.1, -0.05) is 13.3 Å². The lowest BCUT2D eigenvalue weighted by Gasteiger charge is -2.26. The second-order valence-corrected chi connectivity index (χ2v) is 6.36. The normalized spacial score (nSPS) is 19.7. The average Bonchev–Trinajstić information content (AvgIpc) is 3.07. The molecule has 1 rings (SSSR count). The third kappa shape index (κ3) is 3.80. The first-order valence-electron chi connectivity index (χ1n) is 6.22. The molecule has 0 spiro atoms. The summed E-state index contributed by atoms with van der Waals surface area (Å²) in [5, 5.41) is 14.5. The molecule has 18 heavy (non-hydrogen) atoms. The zero-order valence-corrected chi connectivity index (χ0v) is 12.0. The molecule has 1 atom stereocenters. The molecule has 1 aliphatic rings. The van der Waals surface area contributed by atoms with Crippen LogP contribution in [0.25, 0.3) is 0 Å². The number of nitrogens with one attached hydrogen (secondary N) is 2. The molecule has 0 aromatic rings. The lowest BCUT2D eigenvalue weighted by atomic mass is 9.97. The van der Waals surface area contributed by atoms with Gasteiger partial charge >= 0.3 is 12.0 Å². The third-order valence-corrected chi connectivity index (χ3v) is 4.84. The van der Waals surface area contributed by atoms with Gasteiger partial charge in [0, 0.05) is 11.3 Å². The molecule has 1 unspecified atom stereocenters. The van der Waals surface area contributed by atoms with Crippen molar-refractivity contribution in [3.8, 4) is 0 Å². The highest BCUT2D eigenvalue weighted by atomic mass is 32.2. The Morgan fingerprint density at radius 2 is 2.06 bits per heavy atom. The van der Waals surface area contributed by atoms with E-state index in [1.165, 1.54) is 0 Å². The van der Waals surface area contributed by atoms with Gasteiger partial charge in [0.15, 0.2) is 0 Å². The predicted octanol–water partition coefficient (Wildman–Crippen LogP) is 1.82. The van der Waals surface area contributed by atoms with Crippen molar-refractivity contribution in [3.63, 3.8) is 0 Å². The van der Waals surface area contributed by atoms with Crippen molar-refractivity contribution < 1.29 is 14.7 Å². The van der Waals surface area contributed by atoms with E-state index in [0.717, 1.165) is 12.8 Å². The van der Waals surface area contributed by atoms with Crippen LogP contribution in [0.2, 0.25) is 0 Å². The van der Waals surface area contributed by atoms with E-state index in [9.17, 15) is 9.59 Å². The summed E-state index contributed by atoms with van der Waals surface area (Å²) in [6, 6.07) is -0.395. The summed E-state index contributed by atoms with van der Waals surface area (Å²) in [6.07, 6.45) is 5.38. The van der Waals surface area contributed by atoms with E-state index in [-0.39, 0.29) is 4.75 Å². The van der Waals surface area contributed by atoms with Crippen LogP contribution in [-0.4, -0.2) is 40.2 Å². The molecule has 1 saturated carbocycles. The van der Waals surface area contributed by atoms with Gasteiger partial charge in [0.25, 0.3) is 0 Å². The van der Waals surface area contributed by atoms with Gasteiger partial charge in [0.05, 0.1) is 0 Å². The number of carbonyl (C=O) groups is 2. The minimum absolute atomic E-state index is 0.182. The summed E-state index contributed by atoms with van der Waals surface area (Å²) in [7, 11) is 0. The number of carbonyl (C=O) groups excluding carboxylic acids is 1. The van der Waals surface area contributed by atoms with Gasteiger partial charge in [-0.2, -0.15) is 11.8 Å². The summed E-state index contributed by atoms with van der Waals surface area (Å²) in [5.74, 6) is -0.995. The zero-order chi connectivity index (χ0) is 13.8. The maximum atomic E-state index is 11.7. The molecule has 0 saturated heterocycles. The fourth-order valence-electron chi connectivity index (χ4n) is 1.85. The van der Waals surface area contributed by atoms with Crippen LogP contribution < -0.4 is 10.6 Å². The lowest BCUT2D eigenvalue weighted by molar-refractivity contribution is -0.144. The minimum Gasteiger partial charge on any atom is -0.480 e. The van der Waals surface area contributed by atoms with E-state index in [1.54, 1.807) is 18.7 Å². The standard InChI is InChI=1S/C12H22N2O3S/c1-4-5-11(2,9(15)16)14-10(17)13-8-12(18-3)6-7-12/h4-8H2,1-3H3,(H,15,16)(H2,13,14,17). The van der Waals surface area contributed by atoms with Crippen LogP contribution in [0.15, 0.2) is 0 Å². The number of carboxylic acid groups (broad SMARTS) is 1. The molecule has 0 aliphatic heterocycles. The summed E-state index contributed by atoms with van der Waals surface area (Å²) in [4.78, 5) is 22.9. The largest absolute Gasteiger partial charge is 0.480 e. The number of carboxylic acids is 1. The van der Waals surface area contributed by atoms with Crippen molar-refractivity contribution in [1.29, 1.82) is 0 Å². The number of aliphatic carboxylic acids is 1. The van der Waals surface area contributed by atoms with E-state index in [0.29, 0.717) is 19.4 Å². The summed E-state index contributed by atoms with van der Waals surface area (Å²) in [6.45, 7) is 4.04. The van der Waals surface area contributed by atoms with Crippen molar-refractivity contribution in [3.05, 3.63) is 0 Å².